The van der Waals surface area contributed by atoms with E-state index in [1.165, 1.54) is 12.1 Å². The molecule has 0 spiro atoms. The van der Waals surface area contributed by atoms with Crippen LogP contribution in [-0.2, 0) is 6.54 Å². The maximum Gasteiger partial charge on any atom is 0.138 e. The fraction of sp³-hybridized carbons (Fsp3) is 0.538. The summed E-state index contributed by atoms with van der Waals surface area (Å²) in [7, 11) is 0. The minimum absolute atomic E-state index is 0.0646. The van der Waals surface area contributed by atoms with Crippen LogP contribution in [0.5, 0.6) is 11.5 Å². The molecule has 0 fully saturated rings. The molecular formula is C13H19NO4. The van der Waals surface area contributed by atoms with Crippen LogP contribution in [-0.4, -0.2) is 37.1 Å². The molecule has 100 valence electrons. The van der Waals surface area contributed by atoms with E-state index in [1.54, 1.807) is 4.90 Å². The topological polar surface area (TPSA) is 84.2 Å². The van der Waals surface area contributed by atoms with E-state index >= 15 is 0 Å². The van der Waals surface area contributed by atoms with Gasteiger partial charge in [0.25, 0.3) is 0 Å². The number of aliphatic hydroxyl groups excluding tert-OH is 2. The predicted octanol–water partition coefficient (Wildman–Crippen LogP) is 1.06. The summed E-state index contributed by atoms with van der Waals surface area (Å²) in [6.07, 6.45) is -2.20. The normalized spacial score (nSPS) is 24.9. The van der Waals surface area contributed by atoms with Crippen molar-refractivity contribution in [3.05, 3.63) is 23.3 Å². The Kier molecular flexibility index (Phi) is 3.01. The molecule has 0 amide bonds. The molecule has 0 aliphatic carbocycles. The first-order chi connectivity index (χ1) is 8.21. The molecule has 0 radical (unpaired) electrons. The third-order valence-corrected chi connectivity index (χ3v) is 3.36. The summed E-state index contributed by atoms with van der Waals surface area (Å²) < 4.78 is 0. The lowest BCUT2D eigenvalue weighted by molar-refractivity contribution is -0.134. The van der Waals surface area contributed by atoms with E-state index in [1.807, 2.05) is 20.8 Å². The van der Waals surface area contributed by atoms with Crippen LogP contribution in [0.2, 0.25) is 0 Å². The first-order valence-corrected chi connectivity index (χ1v) is 5.89. The number of hydrogen-bond donors (Lipinski definition) is 4. The van der Waals surface area contributed by atoms with Gasteiger partial charge in [-0.3, -0.25) is 4.90 Å². The molecule has 1 aliphatic rings. The highest BCUT2D eigenvalue weighted by Crippen LogP contribution is 2.40. The number of rotatable bonds is 0. The Hall–Kier alpha value is -1.30. The van der Waals surface area contributed by atoms with E-state index in [9.17, 15) is 20.4 Å². The summed E-state index contributed by atoms with van der Waals surface area (Å²) in [5, 5.41) is 39.5. The van der Waals surface area contributed by atoms with Crippen LogP contribution in [0.3, 0.4) is 0 Å². The molecule has 4 N–H and O–H groups in total. The van der Waals surface area contributed by atoms with Gasteiger partial charge in [-0.1, -0.05) is 0 Å². The van der Waals surface area contributed by atoms with Crippen LogP contribution < -0.4 is 0 Å². The average molecular weight is 253 g/mol. The number of hydrogen-bond acceptors (Lipinski definition) is 5. The molecule has 0 aromatic heterocycles. The molecule has 5 nitrogen and oxygen atoms in total. The van der Waals surface area contributed by atoms with Crippen molar-refractivity contribution < 1.29 is 20.4 Å². The van der Waals surface area contributed by atoms with E-state index in [0.717, 1.165) is 0 Å². The van der Waals surface area contributed by atoms with Crippen molar-refractivity contribution in [2.45, 2.75) is 45.2 Å². The van der Waals surface area contributed by atoms with Crippen LogP contribution in [0.15, 0.2) is 12.1 Å². The third kappa shape index (κ3) is 2.05. The van der Waals surface area contributed by atoms with Crippen molar-refractivity contribution in [1.82, 2.24) is 4.90 Å². The van der Waals surface area contributed by atoms with Crippen LogP contribution in [0.25, 0.3) is 0 Å². The minimum atomic E-state index is -1.15. The second-order valence-corrected chi connectivity index (χ2v) is 5.69. The summed E-state index contributed by atoms with van der Waals surface area (Å²) in [5.41, 5.74) is 0.573. The van der Waals surface area contributed by atoms with E-state index < -0.39 is 12.3 Å². The Morgan fingerprint density at radius 2 is 1.78 bits per heavy atom. The molecule has 1 aromatic rings. The molecule has 2 unspecified atom stereocenters. The molecular weight excluding hydrogens is 234 g/mol. The Balaban J connectivity index is 2.51. The number of phenolic OH excluding ortho intramolecular Hbond substituents is 2. The maximum absolute atomic E-state index is 10.1. The molecule has 0 saturated heterocycles. The third-order valence-electron chi connectivity index (χ3n) is 3.36. The van der Waals surface area contributed by atoms with Crippen molar-refractivity contribution in [1.29, 1.82) is 0 Å². The molecule has 2 atom stereocenters. The quantitative estimate of drug-likeness (QED) is 0.555. The lowest BCUT2D eigenvalue weighted by Crippen LogP contribution is -2.52. The van der Waals surface area contributed by atoms with Gasteiger partial charge in [0.2, 0.25) is 0 Å². The number of phenols is 2. The fourth-order valence-corrected chi connectivity index (χ4v) is 2.33. The minimum Gasteiger partial charge on any atom is -0.508 e. The molecule has 1 heterocycles. The molecule has 1 aromatic carbocycles. The average Bonchev–Trinajstić information content (AvgIpc) is 2.22. The van der Waals surface area contributed by atoms with Gasteiger partial charge >= 0.3 is 0 Å². The molecule has 0 bridgehead atoms. The standard InChI is InChI=1S/C13H19NO4/c1-13(2,3)14-6-9-8(11(17)12(14)18)4-7(15)5-10(9)16/h4-5,11-12,15-18H,6H2,1-3H3. The molecule has 5 heteroatoms. The highest BCUT2D eigenvalue weighted by molar-refractivity contribution is 5.47. The predicted molar refractivity (Wildman–Crippen MR) is 66.0 cm³/mol. The largest absolute Gasteiger partial charge is 0.508 e. The van der Waals surface area contributed by atoms with Gasteiger partial charge in [0.05, 0.1) is 0 Å². The Bertz CT molecular complexity index is 467. The number of fused-ring (bicyclic) bond motifs is 1. The number of benzene rings is 1. The van der Waals surface area contributed by atoms with Crippen molar-refractivity contribution in [2.75, 3.05) is 0 Å². The number of nitrogens with zero attached hydrogens (tertiary/aromatic N) is 1. The zero-order chi connectivity index (χ0) is 13.7. The van der Waals surface area contributed by atoms with Gasteiger partial charge < -0.3 is 20.4 Å². The van der Waals surface area contributed by atoms with Crippen LogP contribution in [0.4, 0.5) is 0 Å². The van der Waals surface area contributed by atoms with Crippen LogP contribution >= 0.6 is 0 Å². The molecule has 0 saturated carbocycles. The second kappa shape index (κ2) is 4.12. The van der Waals surface area contributed by atoms with Gasteiger partial charge in [0.15, 0.2) is 0 Å². The van der Waals surface area contributed by atoms with Gasteiger partial charge in [0, 0.05) is 23.7 Å². The highest BCUT2D eigenvalue weighted by Gasteiger charge is 2.39. The summed E-state index contributed by atoms with van der Waals surface area (Å²) in [6.45, 7) is 6.09. The second-order valence-electron chi connectivity index (χ2n) is 5.69. The first kappa shape index (κ1) is 13.1. The zero-order valence-corrected chi connectivity index (χ0v) is 10.8. The molecule has 2 rings (SSSR count). The summed E-state index contributed by atoms with van der Waals surface area (Å²) in [6, 6.07) is 2.62. The maximum atomic E-state index is 10.1. The van der Waals surface area contributed by atoms with Gasteiger partial charge in [-0.25, -0.2) is 0 Å². The summed E-state index contributed by atoms with van der Waals surface area (Å²) in [4.78, 5) is 1.71. The van der Waals surface area contributed by atoms with Crippen LogP contribution in [0.1, 0.15) is 38.0 Å². The van der Waals surface area contributed by atoms with E-state index in [0.29, 0.717) is 17.7 Å². The Morgan fingerprint density at radius 3 is 2.33 bits per heavy atom. The first-order valence-electron chi connectivity index (χ1n) is 5.89. The van der Waals surface area contributed by atoms with E-state index in [4.69, 9.17) is 0 Å². The zero-order valence-electron chi connectivity index (χ0n) is 10.8. The number of aliphatic hydroxyl groups is 2. The molecule has 1 aliphatic heterocycles. The molecule has 18 heavy (non-hydrogen) atoms. The van der Waals surface area contributed by atoms with Crippen molar-refractivity contribution >= 4 is 0 Å². The van der Waals surface area contributed by atoms with Gasteiger partial charge in [-0.2, -0.15) is 0 Å². The van der Waals surface area contributed by atoms with Crippen LogP contribution in [0, 0.1) is 0 Å². The summed E-state index contributed by atoms with van der Waals surface area (Å²) in [5.74, 6) is -0.188. The van der Waals surface area contributed by atoms with Crippen molar-refractivity contribution in [3.8, 4) is 11.5 Å². The summed E-state index contributed by atoms with van der Waals surface area (Å²) >= 11 is 0. The van der Waals surface area contributed by atoms with Gasteiger partial charge in [-0.05, 0) is 32.4 Å². The lowest BCUT2D eigenvalue weighted by atomic mass is 9.91. The van der Waals surface area contributed by atoms with Crippen molar-refractivity contribution in [2.24, 2.45) is 0 Å². The van der Waals surface area contributed by atoms with Gasteiger partial charge in [-0.15, -0.1) is 0 Å². The fourth-order valence-electron chi connectivity index (χ4n) is 2.33. The van der Waals surface area contributed by atoms with Gasteiger partial charge in [0.1, 0.15) is 23.8 Å². The number of aromatic hydroxyl groups is 2. The Morgan fingerprint density at radius 1 is 1.17 bits per heavy atom. The highest BCUT2D eigenvalue weighted by atomic mass is 16.3. The van der Waals surface area contributed by atoms with Crippen molar-refractivity contribution in [3.63, 3.8) is 0 Å². The van der Waals surface area contributed by atoms with E-state index in [2.05, 4.69) is 0 Å². The monoisotopic (exact) mass is 253 g/mol. The SMILES string of the molecule is CC(C)(C)N1Cc2c(O)cc(O)cc2C(O)C1O. The smallest absolute Gasteiger partial charge is 0.138 e. The lowest BCUT2D eigenvalue weighted by Gasteiger charge is -2.44. The Labute approximate surface area is 106 Å². The van der Waals surface area contributed by atoms with E-state index in [-0.39, 0.29) is 17.0 Å².